The predicted molar refractivity (Wildman–Crippen MR) is 65.4 cm³/mol. The molecule has 2 atom stereocenters. The summed E-state index contributed by atoms with van der Waals surface area (Å²) in [5.74, 6) is 5.41. The Morgan fingerprint density at radius 3 is 2.89 bits per heavy atom. The van der Waals surface area contributed by atoms with E-state index in [1.54, 1.807) is 0 Å². The lowest BCUT2D eigenvalue weighted by Crippen LogP contribution is -2.28. The Morgan fingerprint density at radius 2 is 2.37 bits per heavy atom. The zero-order chi connectivity index (χ0) is 13.9. The molecule has 3 N–H and O–H groups in total. The van der Waals surface area contributed by atoms with Crippen molar-refractivity contribution in [3.8, 4) is 0 Å². The van der Waals surface area contributed by atoms with Crippen molar-refractivity contribution in [1.29, 1.82) is 0 Å². The van der Waals surface area contributed by atoms with E-state index in [1.807, 2.05) is 0 Å². The van der Waals surface area contributed by atoms with Gasteiger partial charge in [0.1, 0.15) is 0 Å². The molecule has 0 spiro atoms. The van der Waals surface area contributed by atoms with E-state index in [9.17, 15) is 13.2 Å². The number of rotatable bonds is 5. The van der Waals surface area contributed by atoms with Gasteiger partial charge in [0.25, 0.3) is 0 Å². The topological polar surface area (TPSA) is 60.2 Å². The molecule has 0 bridgehead atoms. The minimum absolute atomic E-state index is 0.200. The van der Waals surface area contributed by atoms with Crippen LogP contribution in [0.15, 0.2) is 6.20 Å². The second-order valence-corrected chi connectivity index (χ2v) is 5.56. The molecule has 2 rings (SSSR count). The summed E-state index contributed by atoms with van der Waals surface area (Å²) in [6, 6.07) is -0.308. The van der Waals surface area contributed by atoms with Crippen molar-refractivity contribution in [2.24, 2.45) is 5.84 Å². The average molecular weight is 295 g/mol. The van der Waals surface area contributed by atoms with Gasteiger partial charge in [-0.15, -0.1) is 11.3 Å². The molecule has 1 saturated heterocycles. The summed E-state index contributed by atoms with van der Waals surface area (Å²) in [5, 5.41) is -0.833. The van der Waals surface area contributed by atoms with Crippen molar-refractivity contribution in [2.75, 3.05) is 6.61 Å². The lowest BCUT2D eigenvalue weighted by molar-refractivity contribution is -0.137. The van der Waals surface area contributed by atoms with E-state index >= 15 is 0 Å². The normalized spacial score (nSPS) is 21.8. The molecule has 1 fully saturated rings. The minimum Gasteiger partial charge on any atom is -0.378 e. The smallest absolute Gasteiger partial charge is 0.378 e. The molecule has 2 unspecified atom stereocenters. The van der Waals surface area contributed by atoms with E-state index in [-0.39, 0.29) is 12.1 Å². The van der Waals surface area contributed by atoms with Gasteiger partial charge in [-0.1, -0.05) is 0 Å². The van der Waals surface area contributed by atoms with Crippen molar-refractivity contribution in [1.82, 2.24) is 10.4 Å². The third kappa shape index (κ3) is 3.88. The first kappa shape index (κ1) is 14.7. The fourth-order valence-corrected chi connectivity index (χ4v) is 2.99. The first-order chi connectivity index (χ1) is 9.00. The SMILES string of the molecule is NNC(CCC1CCCO1)c1cnc(C(F)(F)F)s1. The lowest BCUT2D eigenvalue weighted by atomic mass is 10.1. The molecule has 4 nitrogen and oxygen atoms in total. The highest BCUT2D eigenvalue weighted by atomic mass is 32.1. The number of thiazole rings is 1. The Balaban J connectivity index is 1.94. The van der Waals surface area contributed by atoms with Crippen molar-refractivity contribution < 1.29 is 17.9 Å². The third-order valence-corrected chi connectivity index (χ3v) is 4.27. The molecule has 0 aromatic carbocycles. The van der Waals surface area contributed by atoms with Crippen LogP contribution in [0.1, 0.15) is 41.6 Å². The van der Waals surface area contributed by atoms with Crippen LogP contribution < -0.4 is 11.3 Å². The fraction of sp³-hybridized carbons (Fsp3) is 0.727. The molecular weight excluding hydrogens is 279 g/mol. The van der Waals surface area contributed by atoms with Gasteiger partial charge in [0.2, 0.25) is 0 Å². The van der Waals surface area contributed by atoms with E-state index in [0.29, 0.717) is 22.6 Å². The van der Waals surface area contributed by atoms with Gasteiger partial charge in [0.15, 0.2) is 5.01 Å². The number of nitrogens with one attached hydrogen (secondary N) is 1. The molecule has 0 aliphatic carbocycles. The van der Waals surface area contributed by atoms with Gasteiger partial charge in [-0.05, 0) is 25.7 Å². The molecule has 8 heteroatoms. The second kappa shape index (κ2) is 6.17. The molecule has 0 saturated carbocycles. The molecule has 1 aliphatic heterocycles. The Morgan fingerprint density at radius 1 is 1.58 bits per heavy atom. The summed E-state index contributed by atoms with van der Waals surface area (Å²) in [6.07, 6.45) is 0.530. The van der Waals surface area contributed by atoms with Crippen LogP contribution in [0.3, 0.4) is 0 Å². The number of hydrazine groups is 1. The largest absolute Gasteiger partial charge is 0.443 e. The number of nitrogens with zero attached hydrogens (tertiary/aromatic N) is 1. The van der Waals surface area contributed by atoms with Crippen molar-refractivity contribution in [3.63, 3.8) is 0 Å². The standard InChI is InChI=1S/C11H16F3N3OS/c12-11(13,14)10-16-6-9(19-10)8(17-15)4-3-7-2-1-5-18-7/h6-8,17H,1-5,15H2. The lowest BCUT2D eigenvalue weighted by Gasteiger charge is -2.16. The molecule has 19 heavy (non-hydrogen) atoms. The molecule has 0 radical (unpaired) electrons. The molecule has 0 amide bonds. The molecule has 2 heterocycles. The first-order valence-corrected chi connectivity index (χ1v) is 6.93. The quantitative estimate of drug-likeness (QED) is 0.647. The predicted octanol–water partition coefficient (Wildman–Crippen LogP) is 2.63. The summed E-state index contributed by atoms with van der Waals surface area (Å²) in [7, 11) is 0. The van der Waals surface area contributed by atoms with Crippen molar-refractivity contribution in [2.45, 2.75) is 44.0 Å². The van der Waals surface area contributed by atoms with Crippen LogP contribution in [0.4, 0.5) is 13.2 Å². The average Bonchev–Trinajstić information content (AvgIpc) is 2.98. The maximum absolute atomic E-state index is 12.5. The zero-order valence-electron chi connectivity index (χ0n) is 10.2. The number of hydrogen-bond donors (Lipinski definition) is 2. The molecule has 1 aliphatic rings. The number of aromatic nitrogens is 1. The van der Waals surface area contributed by atoms with Gasteiger partial charge >= 0.3 is 6.18 Å². The van der Waals surface area contributed by atoms with Crippen LogP contribution in [0.2, 0.25) is 0 Å². The van der Waals surface area contributed by atoms with Gasteiger partial charge < -0.3 is 4.74 Å². The van der Waals surface area contributed by atoms with Crippen LogP contribution in [-0.4, -0.2) is 17.7 Å². The van der Waals surface area contributed by atoms with Crippen LogP contribution in [0.25, 0.3) is 0 Å². The van der Waals surface area contributed by atoms with E-state index in [4.69, 9.17) is 10.6 Å². The summed E-state index contributed by atoms with van der Waals surface area (Å²) in [5.41, 5.74) is 2.55. The van der Waals surface area contributed by atoms with E-state index in [0.717, 1.165) is 25.9 Å². The number of nitrogens with two attached hydrogens (primary N) is 1. The van der Waals surface area contributed by atoms with Crippen molar-refractivity contribution >= 4 is 11.3 Å². The first-order valence-electron chi connectivity index (χ1n) is 6.11. The number of halogens is 3. The van der Waals surface area contributed by atoms with E-state index in [2.05, 4.69) is 10.4 Å². The summed E-state index contributed by atoms with van der Waals surface area (Å²) in [6.45, 7) is 0.768. The fourth-order valence-electron chi connectivity index (χ4n) is 2.11. The van der Waals surface area contributed by atoms with Crippen LogP contribution in [0, 0.1) is 0 Å². The maximum atomic E-state index is 12.5. The van der Waals surface area contributed by atoms with Crippen LogP contribution in [-0.2, 0) is 10.9 Å². The van der Waals surface area contributed by atoms with Gasteiger partial charge in [0.05, 0.1) is 12.1 Å². The molecule has 108 valence electrons. The molecule has 1 aromatic rings. The molecular formula is C11H16F3N3OS. The number of hydrogen-bond acceptors (Lipinski definition) is 5. The highest BCUT2D eigenvalue weighted by molar-refractivity contribution is 7.11. The van der Waals surface area contributed by atoms with Gasteiger partial charge in [-0.3, -0.25) is 11.3 Å². The van der Waals surface area contributed by atoms with Gasteiger partial charge in [0, 0.05) is 17.7 Å². The minimum atomic E-state index is -4.39. The Kier molecular flexibility index (Phi) is 4.77. The van der Waals surface area contributed by atoms with Crippen molar-refractivity contribution in [3.05, 3.63) is 16.1 Å². The van der Waals surface area contributed by atoms with E-state index < -0.39 is 11.2 Å². The summed E-state index contributed by atoms with van der Waals surface area (Å²) >= 11 is 0.636. The van der Waals surface area contributed by atoms with Gasteiger partial charge in [-0.25, -0.2) is 4.98 Å². The van der Waals surface area contributed by atoms with E-state index in [1.165, 1.54) is 6.20 Å². The monoisotopic (exact) mass is 295 g/mol. The zero-order valence-corrected chi connectivity index (χ0v) is 11.1. The summed E-state index contributed by atoms with van der Waals surface area (Å²) in [4.78, 5) is 3.91. The van der Waals surface area contributed by atoms with Crippen LogP contribution >= 0.6 is 11.3 Å². The summed E-state index contributed by atoms with van der Waals surface area (Å²) < 4.78 is 42.9. The third-order valence-electron chi connectivity index (χ3n) is 3.11. The maximum Gasteiger partial charge on any atom is 0.443 e. The van der Waals surface area contributed by atoms with Gasteiger partial charge in [-0.2, -0.15) is 13.2 Å². The Bertz CT molecular complexity index is 404. The molecule has 1 aromatic heterocycles. The number of alkyl halides is 3. The van der Waals surface area contributed by atoms with Crippen LogP contribution in [0.5, 0.6) is 0 Å². The second-order valence-electron chi connectivity index (χ2n) is 4.50. The number of ether oxygens (including phenoxy) is 1. The highest BCUT2D eigenvalue weighted by Gasteiger charge is 2.35. The Labute approximate surface area is 113 Å². The Hall–Kier alpha value is -0.700. The highest BCUT2D eigenvalue weighted by Crippen LogP contribution is 2.35.